The van der Waals surface area contributed by atoms with Crippen molar-refractivity contribution in [2.75, 3.05) is 37.3 Å². The van der Waals surface area contributed by atoms with Crippen LogP contribution >= 0.6 is 0 Å². The van der Waals surface area contributed by atoms with Crippen molar-refractivity contribution >= 4 is 38.1 Å². The van der Waals surface area contributed by atoms with E-state index < -0.39 is 15.4 Å². The molecule has 3 aliphatic rings. The predicted octanol–water partition coefficient (Wildman–Crippen LogP) is 2.87. The zero-order valence-corrected chi connectivity index (χ0v) is 21.4. The Morgan fingerprint density at radius 2 is 1.61 bits per heavy atom. The Morgan fingerprint density at radius 1 is 0.972 bits per heavy atom. The standard InChI is InChI=1S/C27H32N4O4S/c1-36(34,35)24-11-10-23(19-6-2-3-7-20(19)24)30-14-16-31(17-15-30)26(33)22-9-5-4-8-21(22)25(32)29-27(18-28)12-13-27/h2-3,6-7,10-11,21-22H,4-5,8-9,12-17H2,1H3,(H,29,32)/t21-,22?/m1/s1. The normalized spacial score (nSPS) is 23.7. The molecule has 2 aliphatic carbocycles. The minimum Gasteiger partial charge on any atom is -0.367 e. The van der Waals surface area contributed by atoms with Gasteiger partial charge in [-0.15, -0.1) is 0 Å². The molecular formula is C27H32N4O4S. The lowest BCUT2D eigenvalue weighted by molar-refractivity contribution is -0.144. The Morgan fingerprint density at radius 3 is 2.22 bits per heavy atom. The second-order valence-electron chi connectivity index (χ2n) is 10.4. The third kappa shape index (κ3) is 4.66. The fraction of sp³-hybridized carbons (Fsp3) is 0.519. The summed E-state index contributed by atoms with van der Waals surface area (Å²) in [5, 5.41) is 13.9. The number of anilines is 1. The summed E-state index contributed by atoms with van der Waals surface area (Å²) in [4.78, 5) is 30.9. The van der Waals surface area contributed by atoms with E-state index in [9.17, 15) is 23.3 Å². The molecule has 5 rings (SSSR count). The van der Waals surface area contributed by atoms with Gasteiger partial charge in [0.25, 0.3) is 0 Å². The van der Waals surface area contributed by atoms with Gasteiger partial charge in [0.05, 0.1) is 11.0 Å². The summed E-state index contributed by atoms with van der Waals surface area (Å²) in [7, 11) is -3.35. The van der Waals surface area contributed by atoms with Crippen LogP contribution in [0.5, 0.6) is 0 Å². The number of rotatable bonds is 5. The third-order valence-corrected chi connectivity index (χ3v) is 9.09. The Bertz CT molecular complexity index is 1340. The molecule has 2 aromatic rings. The number of nitrogens with one attached hydrogen (secondary N) is 1. The quantitative estimate of drug-likeness (QED) is 0.665. The van der Waals surface area contributed by atoms with Crippen LogP contribution in [0.25, 0.3) is 10.8 Å². The van der Waals surface area contributed by atoms with Crippen LogP contribution in [0.1, 0.15) is 38.5 Å². The molecule has 3 fully saturated rings. The molecule has 1 N–H and O–H groups in total. The number of carbonyl (C=O) groups excluding carboxylic acids is 2. The number of fused-ring (bicyclic) bond motifs is 1. The first-order chi connectivity index (χ1) is 17.2. The highest BCUT2D eigenvalue weighted by Crippen LogP contribution is 2.38. The highest BCUT2D eigenvalue weighted by atomic mass is 32.2. The van der Waals surface area contributed by atoms with Gasteiger partial charge in [-0.1, -0.05) is 37.1 Å². The van der Waals surface area contributed by atoms with Crippen LogP contribution in [0.3, 0.4) is 0 Å². The molecule has 2 atom stereocenters. The largest absolute Gasteiger partial charge is 0.367 e. The summed E-state index contributed by atoms with van der Waals surface area (Å²) in [5.41, 5.74) is 0.245. The first-order valence-corrected chi connectivity index (χ1v) is 14.6. The monoisotopic (exact) mass is 508 g/mol. The van der Waals surface area contributed by atoms with Gasteiger partial charge in [-0.3, -0.25) is 9.59 Å². The van der Waals surface area contributed by atoms with E-state index in [0.717, 1.165) is 23.9 Å². The van der Waals surface area contributed by atoms with E-state index >= 15 is 0 Å². The van der Waals surface area contributed by atoms with E-state index in [2.05, 4.69) is 16.3 Å². The number of hydrogen-bond acceptors (Lipinski definition) is 6. The molecule has 0 radical (unpaired) electrons. The number of carbonyl (C=O) groups is 2. The maximum atomic E-state index is 13.5. The first kappa shape index (κ1) is 24.6. The SMILES string of the molecule is CS(=O)(=O)c1ccc(N2CCN(C(=O)C3CCCC[C@H]3C(=O)NC3(C#N)CC3)CC2)c2ccccc12. The molecule has 1 saturated heterocycles. The summed E-state index contributed by atoms with van der Waals surface area (Å²) in [6.45, 7) is 2.37. The van der Waals surface area contributed by atoms with E-state index in [1.165, 1.54) is 6.26 Å². The van der Waals surface area contributed by atoms with Crippen molar-refractivity contribution in [3.63, 3.8) is 0 Å². The second kappa shape index (κ2) is 9.40. The van der Waals surface area contributed by atoms with Gasteiger partial charge < -0.3 is 15.1 Å². The van der Waals surface area contributed by atoms with Crippen LogP contribution in [0.15, 0.2) is 41.3 Å². The Kier molecular flexibility index (Phi) is 6.41. The van der Waals surface area contributed by atoms with Gasteiger partial charge in [-0.25, -0.2) is 8.42 Å². The molecule has 0 spiro atoms. The second-order valence-corrected chi connectivity index (χ2v) is 12.4. The average Bonchev–Trinajstić information content (AvgIpc) is 3.67. The molecule has 8 nitrogen and oxygen atoms in total. The fourth-order valence-corrected chi connectivity index (χ4v) is 6.61. The summed E-state index contributed by atoms with van der Waals surface area (Å²) < 4.78 is 24.5. The van der Waals surface area contributed by atoms with Crippen LogP contribution < -0.4 is 10.2 Å². The van der Waals surface area contributed by atoms with Gasteiger partial charge in [-0.05, 0) is 37.8 Å². The molecular weight excluding hydrogens is 476 g/mol. The summed E-state index contributed by atoms with van der Waals surface area (Å²) >= 11 is 0. The molecule has 2 aromatic carbocycles. The number of nitriles is 1. The Labute approximate surface area is 212 Å². The highest BCUT2D eigenvalue weighted by molar-refractivity contribution is 7.91. The molecule has 1 heterocycles. The van der Waals surface area contributed by atoms with Crippen molar-refractivity contribution in [2.24, 2.45) is 11.8 Å². The number of hydrogen-bond donors (Lipinski definition) is 1. The summed E-state index contributed by atoms with van der Waals surface area (Å²) in [6.07, 6.45) is 5.83. The lowest BCUT2D eigenvalue weighted by Crippen LogP contribution is -2.53. The van der Waals surface area contributed by atoms with Gasteiger partial charge in [0.2, 0.25) is 11.8 Å². The van der Waals surface area contributed by atoms with Crippen LogP contribution in [0.4, 0.5) is 5.69 Å². The topological polar surface area (TPSA) is 111 Å². The van der Waals surface area contributed by atoms with Crippen LogP contribution in [0.2, 0.25) is 0 Å². The minimum absolute atomic E-state index is 0.0357. The van der Waals surface area contributed by atoms with Crippen molar-refractivity contribution < 1.29 is 18.0 Å². The molecule has 9 heteroatoms. The first-order valence-electron chi connectivity index (χ1n) is 12.7. The van der Waals surface area contributed by atoms with Crippen molar-refractivity contribution in [1.29, 1.82) is 5.26 Å². The van der Waals surface area contributed by atoms with Crippen LogP contribution in [-0.4, -0.2) is 63.1 Å². The maximum absolute atomic E-state index is 13.5. The molecule has 2 saturated carbocycles. The zero-order valence-electron chi connectivity index (χ0n) is 20.6. The number of nitrogens with zero attached hydrogens (tertiary/aromatic N) is 3. The van der Waals surface area contributed by atoms with Gasteiger partial charge >= 0.3 is 0 Å². The van der Waals surface area contributed by atoms with Crippen LogP contribution in [0, 0.1) is 23.2 Å². The van der Waals surface area contributed by atoms with Crippen molar-refractivity contribution in [2.45, 2.75) is 49.0 Å². The Balaban J connectivity index is 1.29. The van der Waals surface area contributed by atoms with Gasteiger partial charge in [0, 0.05) is 60.7 Å². The van der Waals surface area contributed by atoms with Crippen LogP contribution in [-0.2, 0) is 19.4 Å². The van der Waals surface area contributed by atoms with Crippen molar-refractivity contribution in [3.8, 4) is 6.07 Å². The lowest BCUT2D eigenvalue weighted by atomic mass is 9.77. The molecule has 1 aliphatic heterocycles. The maximum Gasteiger partial charge on any atom is 0.226 e. The molecule has 2 amide bonds. The average molecular weight is 509 g/mol. The Hall–Kier alpha value is -3.12. The molecule has 0 bridgehead atoms. The van der Waals surface area contributed by atoms with Gasteiger partial charge in [0.1, 0.15) is 5.54 Å². The van der Waals surface area contributed by atoms with Gasteiger partial charge in [-0.2, -0.15) is 5.26 Å². The predicted molar refractivity (Wildman–Crippen MR) is 137 cm³/mol. The molecule has 0 aromatic heterocycles. The number of benzene rings is 2. The molecule has 190 valence electrons. The summed E-state index contributed by atoms with van der Waals surface area (Å²) in [5.74, 6) is -0.825. The number of amides is 2. The summed E-state index contributed by atoms with van der Waals surface area (Å²) in [6, 6.07) is 13.3. The van der Waals surface area contributed by atoms with E-state index in [4.69, 9.17) is 0 Å². The molecule has 1 unspecified atom stereocenters. The van der Waals surface area contributed by atoms with Gasteiger partial charge in [0.15, 0.2) is 9.84 Å². The van der Waals surface area contributed by atoms with E-state index in [1.807, 2.05) is 35.2 Å². The van der Waals surface area contributed by atoms with Crippen molar-refractivity contribution in [3.05, 3.63) is 36.4 Å². The highest BCUT2D eigenvalue weighted by Gasteiger charge is 2.47. The molecule has 36 heavy (non-hydrogen) atoms. The third-order valence-electron chi connectivity index (χ3n) is 7.94. The zero-order chi connectivity index (χ0) is 25.5. The number of piperazine rings is 1. The minimum atomic E-state index is -3.35. The van der Waals surface area contributed by atoms with E-state index in [1.54, 1.807) is 6.07 Å². The lowest BCUT2D eigenvalue weighted by Gasteiger charge is -2.40. The fourth-order valence-electron chi connectivity index (χ4n) is 5.72. The van der Waals surface area contributed by atoms with E-state index in [0.29, 0.717) is 62.1 Å². The van der Waals surface area contributed by atoms with Crippen molar-refractivity contribution in [1.82, 2.24) is 10.2 Å². The van der Waals surface area contributed by atoms with E-state index in [-0.39, 0.29) is 23.7 Å². The smallest absolute Gasteiger partial charge is 0.226 e. The number of sulfone groups is 1.